The molecule has 0 bridgehead atoms. The van der Waals surface area contributed by atoms with Crippen LogP contribution in [0.2, 0.25) is 0 Å². The molecule has 0 saturated heterocycles. The molecule has 3 aromatic carbocycles. The minimum absolute atomic E-state index is 0.0445. The lowest BCUT2D eigenvalue weighted by Gasteiger charge is -2.22. The molecule has 0 spiro atoms. The predicted octanol–water partition coefficient (Wildman–Crippen LogP) is 6.55. The highest BCUT2D eigenvalue weighted by Crippen LogP contribution is 2.33. The van der Waals surface area contributed by atoms with Gasteiger partial charge in [0.15, 0.2) is 0 Å². The third-order valence-corrected chi connectivity index (χ3v) is 5.94. The average Bonchev–Trinajstić information content (AvgIpc) is 2.89. The van der Waals surface area contributed by atoms with Crippen molar-refractivity contribution in [3.63, 3.8) is 0 Å². The maximum Gasteiger partial charge on any atom is 0.269 e. The summed E-state index contributed by atoms with van der Waals surface area (Å²) in [5, 5.41) is 14.8. The van der Waals surface area contributed by atoms with E-state index in [1.165, 1.54) is 49.8 Å². The number of anilines is 1. The molecule has 0 heterocycles. The first-order valence-corrected chi connectivity index (χ1v) is 11.7. The standard InChI is InChI=1S/C27H29N3O4/c31-30(32)25-12-10-24(11-13-25)29-28-20-21-6-14-26(15-7-21)33-18-19-34-27-16-8-23(9-17-27)22-4-2-1-3-5-22/h6-17,20,22,29H,1-5,18-19H2/b28-20-. The number of non-ortho nitro benzene ring substituents is 1. The number of hydrogen-bond acceptors (Lipinski definition) is 6. The van der Waals surface area contributed by atoms with Gasteiger partial charge in [-0.25, -0.2) is 0 Å². The van der Waals surface area contributed by atoms with Crippen molar-refractivity contribution in [3.8, 4) is 11.5 Å². The number of hydrogen-bond donors (Lipinski definition) is 1. The van der Waals surface area contributed by atoms with E-state index >= 15 is 0 Å². The quantitative estimate of drug-likeness (QED) is 0.161. The van der Waals surface area contributed by atoms with E-state index in [0.29, 0.717) is 24.8 Å². The Morgan fingerprint density at radius 2 is 1.44 bits per heavy atom. The summed E-state index contributed by atoms with van der Waals surface area (Å²) in [6, 6.07) is 22.2. The molecule has 0 atom stereocenters. The molecule has 4 rings (SSSR count). The molecule has 7 heteroatoms. The maximum atomic E-state index is 10.7. The minimum atomic E-state index is -0.433. The molecule has 0 aliphatic heterocycles. The molecule has 1 aliphatic rings. The number of benzene rings is 3. The Morgan fingerprint density at radius 3 is 2.03 bits per heavy atom. The molecule has 34 heavy (non-hydrogen) atoms. The van der Waals surface area contributed by atoms with Gasteiger partial charge < -0.3 is 9.47 Å². The van der Waals surface area contributed by atoms with Crippen LogP contribution in [0.3, 0.4) is 0 Å². The Morgan fingerprint density at radius 1 is 0.853 bits per heavy atom. The molecule has 1 saturated carbocycles. The molecule has 0 unspecified atom stereocenters. The second kappa shape index (κ2) is 11.8. The van der Waals surface area contributed by atoms with Crippen LogP contribution in [-0.2, 0) is 0 Å². The summed E-state index contributed by atoms with van der Waals surface area (Å²) < 4.78 is 11.6. The molecule has 0 aromatic heterocycles. The van der Waals surface area contributed by atoms with E-state index in [-0.39, 0.29) is 5.69 Å². The summed E-state index contributed by atoms with van der Waals surface area (Å²) in [4.78, 5) is 10.3. The van der Waals surface area contributed by atoms with Crippen molar-refractivity contribution in [1.29, 1.82) is 0 Å². The second-order valence-corrected chi connectivity index (χ2v) is 8.34. The van der Waals surface area contributed by atoms with Crippen molar-refractivity contribution in [2.75, 3.05) is 18.6 Å². The molecule has 0 amide bonds. The van der Waals surface area contributed by atoms with E-state index in [4.69, 9.17) is 9.47 Å². The lowest BCUT2D eigenvalue weighted by Crippen LogP contribution is -2.09. The molecule has 1 aliphatic carbocycles. The average molecular weight is 460 g/mol. The molecular weight excluding hydrogens is 430 g/mol. The van der Waals surface area contributed by atoms with Gasteiger partial charge in [-0.3, -0.25) is 15.5 Å². The van der Waals surface area contributed by atoms with Crippen molar-refractivity contribution >= 4 is 17.6 Å². The van der Waals surface area contributed by atoms with Crippen LogP contribution in [0.15, 0.2) is 77.9 Å². The maximum absolute atomic E-state index is 10.7. The normalized spacial score (nSPS) is 14.1. The number of hydrazone groups is 1. The Hall–Kier alpha value is -3.87. The smallest absolute Gasteiger partial charge is 0.269 e. The zero-order valence-corrected chi connectivity index (χ0v) is 19.1. The summed E-state index contributed by atoms with van der Waals surface area (Å²) in [5.74, 6) is 2.34. The zero-order valence-electron chi connectivity index (χ0n) is 19.1. The van der Waals surface area contributed by atoms with Crippen LogP contribution in [0.25, 0.3) is 0 Å². The zero-order chi connectivity index (χ0) is 23.6. The lowest BCUT2D eigenvalue weighted by molar-refractivity contribution is -0.384. The predicted molar refractivity (Wildman–Crippen MR) is 134 cm³/mol. The largest absolute Gasteiger partial charge is 0.490 e. The number of ether oxygens (including phenoxy) is 2. The number of nitro groups is 1. The third kappa shape index (κ3) is 6.81. The minimum Gasteiger partial charge on any atom is -0.490 e. The van der Waals surface area contributed by atoms with Crippen LogP contribution in [0, 0.1) is 10.1 Å². The SMILES string of the molecule is O=[N+]([O-])c1ccc(N/N=C\c2ccc(OCCOc3ccc(C4CCCCC4)cc3)cc2)cc1. The fourth-order valence-corrected chi connectivity index (χ4v) is 4.08. The van der Waals surface area contributed by atoms with Gasteiger partial charge in [0.1, 0.15) is 24.7 Å². The Balaban J connectivity index is 1.16. The Labute approximate surface area is 199 Å². The molecular formula is C27H29N3O4. The van der Waals surface area contributed by atoms with Crippen molar-refractivity contribution in [1.82, 2.24) is 0 Å². The third-order valence-electron chi connectivity index (χ3n) is 5.94. The van der Waals surface area contributed by atoms with Gasteiger partial charge in [-0.1, -0.05) is 31.4 Å². The van der Waals surface area contributed by atoms with Crippen LogP contribution in [0.5, 0.6) is 11.5 Å². The monoisotopic (exact) mass is 459 g/mol. The highest BCUT2D eigenvalue weighted by Gasteiger charge is 2.15. The molecule has 1 N–H and O–H groups in total. The van der Waals surface area contributed by atoms with Gasteiger partial charge in [0.25, 0.3) is 5.69 Å². The molecule has 176 valence electrons. The highest BCUT2D eigenvalue weighted by molar-refractivity contribution is 5.80. The van der Waals surface area contributed by atoms with Crippen molar-refractivity contribution in [2.45, 2.75) is 38.0 Å². The Bertz CT molecular complexity index is 1070. The summed E-state index contributed by atoms with van der Waals surface area (Å²) in [7, 11) is 0. The number of nitrogens with zero attached hydrogens (tertiary/aromatic N) is 2. The van der Waals surface area contributed by atoms with Gasteiger partial charge in [0.2, 0.25) is 0 Å². The van der Waals surface area contributed by atoms with Gasteiger partial charge >= 0.3 is 0 Å². The van der Waals surface area contributed by atoms with E-state index < -0.39 is 4.92 Å². The van der Waals surface area contributed by atoms with Crippen LogP contribution < -0.4 is 14.9 Å². The van der Waals surface area contributed by atoms with Gasteiger partial charge in [0, 0.05) is 12.1 Å². The fourth-order valence-electron chi connectivity index (χ4n) is 4.08. The summed E-state index contributed by atoms with van der Waals surface area (Å²) in [6.45, 7) is 0.935. The number of nitro benzene ring substituents is 1. The van der Waals surface area contributed by atoms with Crippen molar-refractivity contribution in [2.24, 2.45) is 5.10 Å². The lowest BCUT2D eigenvalue weighted by atomic mass is 9.84. The van der Waals surface area contributed by atoms with Crippen LogP contribution >= 0.6 is 0 Å². The molecule has 3 aromatic rings. The number of rotatable bonds is 10. The second-order valence-electron chi connectivity index (χ2n) is 8.34. The van der Waals surface area contributed by atoms with E-state index in [2.05, 4.69) is 34.8 Å². The summed E-state index contributed by atoms with van der Waals surface area (Å²) >= 11 is 0. The van der Waals surface area contributed by atoms with E-state index in [1.54, 1.807) is 18.3 Å². The van der Waals surface area contributed by atoms with E-state index in [1.807, 2.05) is 24.3 Å². The van der Waals surface area contributed by atoms with Crippen LogP contribution in [0.1, 0.15) is 49.1 Å². The van der Waals surface area contributed by atoms with Crippen molar-refractivity contribution < 1.29 is 14.4 Å². The summed E-state index contributed by atoms with van der Waals surface area (Å²) in [6.07, 6.45) is 8.32. The van der Waals surface area contributed by atoms with E-state index in [9.17, 15) is 10.1 Å². The van der Waals surface area contributed by atoms with Gasteiger partial charge in [-0.15, -0.1) is 0 Å². The first-order chi connectivity index (χ1) is 16.7. The summed E-state index contributed by atoms with van der Waals surface area (Å²) in [5.41, 5.74) is 5.89. The van der Waals surface area contributed by atoms with Crippen LogP contribution in [0.4, 0.5) is 11.4 Å². The van der Waals surface area contributed by atoms with Crippen molar-refractivity contribution in [3.05, 3.63) is 94.0 Å². The molecule has 1 fully saturated rings. The fraction of sp³-hybridized carbons (Fsp3) is 0.296. The first kappa shape index (κ1) is 23.3. The van der Waals surface area contributed by atoms with Gasteiger partial charge in [-0.05, 0) is 78.4 Å². The van der Waals surface area contributed by atoms with Gasteiger partial charge in [-0.2, -0.15) is 5.10 Å². The highest BCUT2D eigenvalue weighted by atomic mass is 16.6. The van der Waals surface area contributed by atoms with Gasteiger partial charge in [0.05, 0.1) is 16.8 Å². The van der Waals surface area contributed by atoms with E-state index in [0.717, 1.165) is 17.1 Å². The van der Waals surface area contributed by atoms with Crippen LogP contribution in [-0.4, -0.2) is 24.4 Å². The number of nitrogens with one attached hydrogen (secondary N) is 1. The molecule has 0 radical (unpaired) electrons. The molecule has 7 nitrogen and oxygen atoms in total. The topological polar surface area (TPSA) is 86.0 Å². The first-order valence-electron chi connectivity index (χ1n) is 11.7. The Kier molecular flexibility index (Phi) is 8.11.